The first-order valence-electron chi connectivity index (χ1n) is 8.68. The summed E-state index contributed by atoms with van der Waals surface area (Å²) in [5.41, 5.74) is 1.51. The zero-order valence-electron chi connectivity index (χ0n) is 15.3. The molecule has 0 unspecified atom stereocenters. The Kier molecular flexibility index (Phi) is 5.18. The van der Waals surface area contributed by atoms with Gasteiger partial charge in [-0.2, -0.15) is 4.98 Å². The van der Waals surface area contributed by atoms with E-state index >= 15 is 0 Å². The van der Waals surface area contributed by atoms with Gasteiger partial charge in [0.1, 0.15) is 18.1 Å². The third-order valence-electron chi connectivity index (χ3n) is 3.93. The molecule has 0 bridgehead atoms. The fourth-order valence-electron chi connectivity index (χ4n) is 2.49. The highest BCUT2D eigenvalue weighted by Crippen LogP contribution is 2.18. The van der Waals surface area contributed by atoms with E-state index in [2.05, 4.69) is 36.0 Å². The van der Waals surface area contributed by atoms with Crippen molar-refractivity contribution in [3.8, 4) is 22.8 Å². The summed E-state index contributed by atoms with van der Waals surface area (Å²) in [5.74, 6) is 0.931. The molecule has 1 amide bonds. The van der Waals surface area contributed by atoms with E-state index in [0.29, 0.717) is 17.5 Å². The van der Waals surface area contributed by atoms with Crippen LogP contribution < -0.4 is 10.1 Å². The highest BCUT2D eigenvalue weighted by molar-refractivity contribution is 5.77. The third-order valence-corrected chi connectivity index (χ3v) is 3.93. The van der Waals surface area contributed by atoms with E-state index in [9.17, 15) is 4.79 Å². The van der Waals surface area contributed by atoms with Crippen LogP contribution in [0.15, 0.2) is 59.6 Å². The molecule has 4 aromatic rings. The second kappa shape index (κ2) is 8.25. The van der Waals surface area contributed by atoms with E-state index in [4.69, 9.17) is 9.26 Å². The van der Waals surface area contributed by atoms with Gasteiger partial charge in [0.05, 0.1) is 5.69 Å². The monoisotopic (exact) mass is 392 g/mol. The molecule has 4 rings (SSSR count). The number of pyridine rings is 1. The van der Waals surface area contributed by atoms with Gasteiger partial charge in [0, 0.05) is 18.0 Å². The van der Waals surface area contributed by atoms with Crippen molar-refractivity contribution < 1.29 is 14.1 Å². The molecule has 0 aliphatic rings. The zero-order valence-corrected chi connectivity index (χ0v) is 15.3. The van der Waals surface area contributed by atoms with Crippen LogP contribution in [0.4, 0.5) is 0 Å². The van der Waals surface area contributed by atoms with E-state index in [0.717, 1.165) is 11.3 Å². The molecule has 0 aliphatic heterocycles. The van der Waals surface area contributed by atoms with Gasteiger partial charge in [-0.15, -0.1) is 5.10 Å². The molecule has 0 spiro atoms. The molecule has 0 fully saturated rings. The van der Waals surface area contributed by atoms with Crippen LogP contribution in [0.3, 0.4) is 0 Å². The van der Waals surface area contributed by atoms with Gasteiger partial charge in [-0.1, -0.05) is 5.16 Å². The molecule has 0 saturated carbocycles. The molecule has 3 aromatic heterocycles. The number of benzene rings is 1. The molecule has 11 heteroatoms. The third kappa shape index (κ3) is 4.40. The molecule has 29 heavy (non-hydrogen) atoms. The van der Waals surface area contributed by atoms with Crippen LogP contribution in [0.2, 0.25) is 0 Å². The number of carbonyl (C=O) groups excluding carboxylic acids is 1. The van der Waals surface area contributed by atoms with Crippen LogP contribution >= 0.6 is 0 Å². The summed E-state index contributed by atoms with van der Waals surface area (Å²) >= 11 is 0. The maximum absolute atomic E-state index is 12.2. The van der Waals surface area contributed by atoms with Gasteiger partial charge in [-0.3, -0.25) is 9.78 Å². The number of tetrazole rings is 1. The van der Waals surface area contributed by atoms with Gasteiger partial charge in [0.15, 0.2) is 6.61 Å². The topological polar surface area (TPSA) is 134 Å². The lowest BCUT2D eigenvalue weighted by molar-refractivity contribution is -0.123. The van der Waals surface area contributed by atoms with Crippen LogP contribution in [0.5, 0.6) is 5.75 Å². The minimum absolute atomic E-state index is 0.155. The van der Waals surface area contributed by atoms with Gasteiger partial charge in [0.25, 0.3) is 5.91 Å². The predicted octanol–water partition coefficient (Wildman–Crippen LogP) is 1.36. The Bertz CT molecular complexity index is 1060. The van der Waals surface area contributed by atoms with Crippen LogP contribution in [0.1, 0.15) is 18.9 Å². The minimum atomic E-state index is -0.466. The average Bonchev–Trinajstić information content (AvgIpc) is 3.46. The quantitative estimate of drug-likeness (QED) is 0.495. The average molecular weight is 392 g/mol. The summed E-state index contributed by atoms with van der Waals surface area (Å²) in [6, 6.07) is 10.2. The molecule has 0 radical (unpaired) electrons. The molecule has 146 valence electrons. The second-order valence-corrected chi connectivity index (χ2v) is 6.02. The number of nitrogens with zero attached hydrogens (tertiary/aromatic N) is 7. The first kappa shape index (κ1) is 18.2. The number of ether oxygens (including phenoxy) is 1. The highest BCUT2D eigenvalue weighted by atomic mass is 16.5. The Balaban J connectivity index is 1.30. The molecule has 0 aliphatic carbocycles. The molecule has 11 nitrogen and oxygen atoms in total. The second-order valence-electron chi connectivity index (χ2n) is 6.02. The summed E-state index contributed by atoms with van der Waals surface area (Å²) in [6.07, 6.45) is 4.78. The molecule has 0 saturated heterocycles. The Labute approximate surface area is 164 Å². The standard InChI is InChI=1S/C18H16N8O3/c1-12(18-22-17(23-29-18)13-3-2-8-19-9-13)21-16(27)10-28-15-6-4-14(5-7-15)26-11-20-24-25-26/h2-9,11-12H,10H2,1H3,(H,21,27)/t12-/m0/s1. The van der Waals surface area contributed by atoms with E-state index in [1.807, 2.05) is 6.07 Å². The Morgan fingerprint density at radius 3 is 2.86 bits per heavy atom. The Hall–Kier alpha value is -4.15. The summed E-state index contributed by atoms with van der Waals surface area (Å²) in [7, 11) is 0. The maximum Gasteiger partial charge on any atom is 0.258 e. The van der Waals surface area contributed by atoms with Crippen molar-refractivity contribution in [3.05, 3.63) is 61.0 Å². The molecule has 1 atom stereocenters. The summed E-state index contributed by atoms with van der Waals surface area (Å²) in [6.45, 7) is 1.59. The molecular formula is C18H16N8O3. The van der Waals surface area contributed by atoms with Gasteiger partial charge >= 0.3 is 0 Å². The summed E-state index contributed by atoms with van der Waals surface area (Å²) in [5, 5.41) is 17.6. The number of amides is 1. The van der Waals surface area contributed by atoms with Crippen molar-refractivity contribution in [1.29, 1.82) is 0 Å². The lowest BCUT2D eigenvalue weighted by Gasteiger charge is -2.11. The number of hydrogen-bond acceptors (Lipinski definition) is 9. The first-order chi connectivity index (χ1) is 14.2. The van der Waals surface area contributed by atoms with Crippen molar-refractivity contribution in [1.82, 2.24) is 40.6 Å². The van der Waals surface area contributed by atoms with Crippen LogP contribution in [0.25, 0.3) is 17.1 Å². The van der Waals surface area contributed by atoms with E-state index in [-0.39, 0.29) is 12.5 Å². The fraction of sp³-hybridized carbons (Fsp3) is 0.167. The van der Waals surface area contributed by atoms with Crippen LogP contribution in [-0.2, 0) is 4.79 Å². The number of nitrogens with one attached hydrogen (secondary N) is 1. The maximum atomic E-state index is 12.2. The first-order valence-corrected chi connectivity index (χ1v) is 8.68. The van der Waals surface area contributed by atoms with Crippen LogP contribution in [-0.4, -0.2) is 47.8 Å². The number of hydrogen-bond donors (Lipinski definition) is 1. The molecule has 3 heterocycles. The van der Waals surface area contributed by atoms with Crippen molar-refractivity contribution in [2.45, 2.75) is 13.0 Å². The van der Waals surface area contributed by atoms with Gasteiger partial charge in [0.2, 0.25) is 11.7 Å². The van der Waals surface area contributed by atoms with E-state index in [1.54, 1.807) is 49.6 Å². The fourth-order valence-corrected chi connectivity index (χ4v) is 2.49. The lowest BCUT2D eigenvalue weighted by atomic mass is 10.3. The van der Waals surface area contributed by atoms with Gasteiger partial charge in [-0.05, 0) is 53.7 Å². The van der Waals surface area contributed by atoms with Crippen molar-refractivity contribution in [2.24, 2.45) is 0 Å². The smallest absolute Gasteiger partial charge is 0.258 e. The van der Waals surface area contributed by atoms with Gasteiger partial charge < -0.3 is 14.6 Å². The number of aromatic nitrogens is 7. The predicted molar refractivity (Wildman–Crippen MR) is 98.7 cm³/mol. The van der Waals surface area contributed by atoms with Crippen molar-refractivity contribution >= 4 is 5.91 Å². The lowest BCUT2D eigenvalue weighted by Crippen LogP contribution is -2.31. The van der Waals surface area contributed by atoms with E-state index < -0.39 is 6.04 Å². The van der Waals surface area contributed by atoms with Gasteiger partial charge in [-0.25, -0.2) is 4.68 Å². The highest BCUT2D eigenvalue weighted by Gasteiger charge is 2.17. The summed E-state index contributed by atoms with van der Waals surface area (Å²) in [4.78, 5) is 20.5. The minimum Gasteiger partial charge on any atom is -0.484 e. The van der Waals surface area contributed by atoms with Crippen molar-refractivity contribution in [3.63, 3.8) is 0 Å². The summed E-state index contributed by atoms with van der Waals surface area (Å²) < 4.78 is 12.2. The molecule has 1 N–H and O–H groups in total. The van der Waals surface area contributed by atoms with E-state index in [1.165, 1.54) is 11.0 Å². The Morgan fingerprint density at radius 1 is 1.28 bits per heavy atom. The van der Waals surface area contributed by atoms with Crippen LogP contribution in [0, 0.1) is 0 Å². The zero-order chi connectivity index (χ0) is 20.1. The van der Waals surface area contributed by atoms with Crippen molar-refractivity contribution in [2.75, 3.05) is 6.61 Å². The molecular weight excluding hydrogens is 376 g/mol. The normalized spacial score (nSPS) is 11.8. The number of rotatable bonds is 7. The Morgan fingerprint density at radius 2 is 2.14 bits per heavy atom. The molecule has 1 aromatic carbocycles. The largest absolute Gasteiger partial charge is 0.484 e. The number of carbonyl (C=O) groups is 1. The SMILES string of the molecule is C[C@H](NC(=O)COc1ccc(-n2cnnn2)cc1)c1nc(-c2cccnc2)no1.